The maximum absolute atomic E-state index is 12.3. The van der Waals surface area contributed by atoms with Gasteiger partial charge in [-0.25, -0.2) is 22.9 Å². The van der Waals surface area contributed by atoms with E-state index in [2.05, 4.69) is 15.0 Å². The molecule has 0 spiro atoms. The average Bonchev–Trinajstić information content (AvgIpc) is 2.73. The van der Waals surface area contributed by atoms with Gasteiger partial charge in [-0.2, -0.15) is 0 Å². The predicted molar refractivity (Wildman–Crippen MR) is 103 cm³/mol. The van der Waals surface area contributed by atoms with Crippen LogP contribution in [0.1, 0.15) is 17.3 Å². The van der Waals surface area contributed by atoms with E-state index in [1.165, 1.54) is 31.4 Å². The number of methoxy groups -OCH3 is 1. The number of pyridine rings is 1. The van der Waals surface area contributed by atoms with Crippen molar-refractivity contribution >= 4 is 28.0 Å². The molecule has 1 aromatic heterocycles. The Bertz CT molecular complexity index is 1020. The maximum Gasteiger partial charge on any atom is 0.414 e. The molecule has 2 rings (SSSR count). The first-order valence-electron chi connectivity index (χ1n) is 8.54. The Hall–Kier alpha value is -3.67. The lowest BCUT2D eigenvalue weighted by Crippen LogP contribution is -2.33. The van der Waals surface area contributed by atoms with Gasteiger partial charge >= 0.3 is 12.1 Å². The van der Waals surface area contributed by atoms with Gasteiger partial charge in [-0.05, 0) is 19.1 Å². The fraction of sp³-hybridized carbons (Fsp3) is 0.222. The van der Waals surface area contributed by atoms with Gasteiger partial charge in [0.1, 0.15) is 6.54 Å². The van der Waals surface area contributed by atoms with Crippen molar-refractivity contribution in [2.45, 2.75) is 11.8 Å². The summed E-state index contributed by atoms with van der Waals surface area (Å²) in [6, 6.07) is 8.49. The van der Waals surface area contributed by atoms with Gasteiger partial charge in [-0.15, -0.1) is 0 Å². The van der Waals surface area contributed by atoms with Crippen LogP contribution in [0.2, 0.25) is 0 Å². The minimum atomic E-state index is -4.08. The molecule has 1 aromatic carbocycles. The SMILES string of the molecule is CCOC(=O)CNC(=O)Oc1ncc(C(=O)NS(=O)(=O)c2ccccc2)cc1OC. The maximum atomic E-state index is 12.3. The molecule has 0 radical (unpaired) electrons. The first-order valence-corrected chi connectivity index (χ1v) is 10.0. The molecule has 0 fully saturated rings. The molecule has 30 heavy (non-hydrogen) atoms. The Balaban J connectivity index is 2.08. The third-order valence-corrected chi connectivity index (χ3v) is 4.80. The number of carbonyl (C=O) groups excluding carboxylic acids is 3. The summed E-state index contributed by atoms with van der Waals surface area (Å²) in [4.78, 5) is 39.0. The molecule has 2 amide bonds. The van der Waals surface area contributed by atoms with E-state index in [9.17, 15) is 22.8 Å². The van der Waals surface area contributed by atoms with Gasteiger partial charge in [0.25, 0.3) is 21.8 Å². The summed E-state index contributed by atoms with van der Waals surface area (Å²) in [5.41, 5.74) is -0.148. The number of ether oxygens (including phenoxy) is 3. The van der Waals surface area contributed by atoms with Gasteiger partial charge in [-0.1, -0.05) is 18.2 Å². The highest BCUT2D eigenvalue weighted by molar-refractivity contribution is 7.90. The van der Waals surface area contributed by atoms with E-state index in [4.69, 9.17) is 9.47 Å². The largest absolute Gasteiger partial charge is 0.491 e. The van der Waals surface area contributed by atoms with Gasteiger partial charge in [-0.3, -0.25) is 9.59 Å². The number of nitrogens with one attached hydrogen (secondary N) is 2. The smallest absolute Gasteiger partial charge is 0.414 e. The number of esters is 1. The van der Waals surface area contributed by atoms with E-state index >= 15 is 0 Å². The number of hydrogen-bond acceptors (Lipinski definition) is 9. The van der Waals surface area contributed by atoms with Crippen LogP contribution in [0, 0.1) is 0 Å². The summed E-state index contributed by atoms with van der Waals surface area (Å²) in [7, 11) is -2.85. The minimum absolute atomic E-state index is 0.0866. The zero-order valence-electron chi connectivity index (χ0n) is 16.1. The molecule has 0 unspecified atom stereocenters. The highest BCUT2D eigenvalue weighted by Gasteiger charge is 2.21. The molecule has 0 aliphatic heterocycles. The molecule has 11 nitrogen and oxygen atoms in total. The lowest BCUT2D eigenvalue weighted by Gasteiger charge is -2.11. The molecule has 0 saturated heterocycles. The second-order valence-corrected chi connectivity index (χ2v) is 7.21. The van der Waals surface area contributed by atoms with Gasteiger partial charge in [0, 0.05) is 12.3 Å². The van der Waals surface area contributed by atoms with Crippen LogP contribution in [0.25, 0.3) is 0 Å². The summed E-state index contributed by atoms with van der Waals surface area (Å²) in [6.07, 6.45) is 0.00416. The Morgan fingerprint density at radius 1 is 1.13 bits per heavy atom. The van der Waals surface area contributed by atoms with Crippen LogP contribution < -0.4 is 19.5 Å². The van der Waals surface area contributed by atoms with Crippen molar-refractivity contribution in [1.29, 1.82) is 0 Å². The normalized spacial score (nSPS) is 10.6. The van der Waals surface area contributed by atoms with Crippen LogP contribution in [0.15, 0.2) is 47.5 Å². The van der Waals surface area contributed by atoms with E-state index in [0.717, 1.165) is 12.3 Å². The predicted octanol–water partition coefficient (Wildman–Crippen LogP) is 0.860. The van der Waals surface area contributed by atoms with Gasteiger partial charge < -0.3 is 19.5 Å². The molecule has 1 heterocycles. The molecular weight excluding hydrogens is 418 g/mol. The van der Waals surface area contributed by atoms with Crippen molar-refractivity contribution < 1.29 is 37.0 Å². The summed E-state index contributed by atoms with van der Waals surface area (Å²) in [6.45, 7) is 1.37. The lowest BCUT2D eigenvalue weighted by molar-refractivity contribution is -0.141. The third-order valence-electron chi connectivity index (χ3n) is 3.45. The summed E-state index contributed by atoms with van der Waals surface area (Å²) >= 11 is 0. The molecular formula is C18H19N3O8S. The third kappa shape index (κ3) is 6.17. The Morgan fingerprint density at radius 2 is 1.83 bits per heavy atom. The minimum Gasteiger partial charge on any atom is -0.491 e. The molecule has 0 saturated carbocycles. The van der Waals surface area contributed by atoms with E-state index in [0.29, 0.717) is 0 Å². The number of nitrogens with zero attached hydrogens (tertiary/aromatic N) is 1. The molecule has 0 aliphatic carbocycles. The van der Waals surface area contributed by atoms with Gasteiger partial charge in [0.2, 0.25) is 0 Å². The number of hydrogen-bond donors (Lipinski definition) is 2. The van der Waals surface area contributed by atoms with Crippen LogP contribution in [0.5, 0.6) is 11.6 Å². The molecule has 12 heteroatoms. The van der Waals surface area contributed by atoms with Crippen molar-refractivity contribution in [3.63, 3.8) is 0 Å². The topological polar surface area (TPSA) is 150 Å². The number of carbonyl (C=O) groups is 3. The monoisotopic (exact) mass is 437 g/mol. The van der Waals surface area contributed by atoms with E-state index in [-0.39, 0.29) is 28.7 Å². The molecule has 0 atom stereocenters. The summed E-state index contributed by atoms with van der Waals surface area (Å²) in [5.74, 6) is -2.00. The number of benzene rings is 1. The second-order valence-electron chi connectivity index (χ2n) is 5.53. The number of sulfonamides is 1. The van der Waals surface area contributed by atoms with Crippen molar-refractivity contribution in [3.8, 4) is 11.6 Å². The molecule has 0 aliphatic rings. The molecule has 2 N–H and O–H groups in total. The lowest BCUT2D eigenvalue weighted by atomic mass is 10.2. The Morgan fingerprint density at radius 3 is 2.47 bits per heavy atom. The van der Waals surface area contributed by atoms with Crippen LogP contribution in [-0.4, -0.2) is 51.6 Å². The molecule has 160 valence electrons. The van der Waals surface area contributed by atoms with Crippen LogP contribution >= 0.6 is 0 Å². The standard InChI is InChI=1S/C18H19N3O8S/c1-3-28-15(22)11-20-18(24)29-17-14(27-2)9-12(10-19-17)16(23)21-30(25,26)13-7-5-4-6-8-13/h4-10H,3,11H2,1-2H3,(H,20,24)(H,21,23). The van der Waals surface area contributed by atoms with Crippen molar-refractivity contribution in [2.24, 2.45) is 0 Å². The van der Waals surface area contributed by atoms with E-state index < -0.39 is 34.5 Å². The summed E-state index contributed by atoms with van der Waals surface area (Å²) < 4.78 is 41.0. The van der Waals surface area contributed by atoms with Crippen molar-refractivity contribution in [2.75, 3.05) is 20.3 Å². The first-order chi connectivity index (χ1) is 14.3. The summed E-state index contributed by atoms with van der Waals surface area (Å²) in [5, 5.41) is 2.16. The van der Waals surface area contributed by atoms with E-state index in [1.807, 2.05) is 4.72 Å². The highest BCUT2D eigenvalue weighted by Crippen LogP contribution is 2.25. The van der Waals surface area contributed by atoms with Crippen LogP contribution in [0.4, 0.5) is 4.79 Å². The number of aromatic nitrogens is 1. The van der Waals surface area contributed by atoms with Crippen LogP contribution in [-0.2, 0) is 19.6 Å². The fourth-order valence-electron chi connectivity index (χ4n) is 2.10. The highest BCUT2D eigenvalue weighted by atomic mass is 32.2. The van der Waals surface area contributed by atoms with Crippen LogP contribution in [0.3, 0.4) is 0 Å². The Kier molecular flexibility index (Phi) is 7.69. The number of amides is 2. The van der Waals surface area contributed by atoms with Gasteiger partial charge in [0.15, 0.2) is 5.75 Å². The molecule has 2 aromatic rings. The fourth-order valence-corrected chi connectivity index (χ4v) is 3.09. The van der Waals surface area contributed by atoms with Crippen molar-refractivity contribution in [1.82, 2.24) is 15.0 Å². The first kappa shape index (κ1) is 22.6. The molecule has 0 bridgehead atoms. The second kappa shape index (κ2) is 10.2. The number of rotatable bonds is 8. The quantitative estimate of drug-likeness (QED) is 0.573. The average molecular weight is 437 g/mol. The zero-order valence-corrected chi connectivity index (χ0v) is 16.9. The van der Waals surface area contributed by atoms with Crippen molar-refractivity contribution in [3.05, 3.63) is 48.2 Å². The van der Waals surface area contributed by atoms with E-state index in [1.54, 1.807) is 13.0 Å². The Labute approximate surface area is 172 Å². The zero-order chi connectivity index (χ0) is 22.1. The van der Waals surface area contributed by atoms with Gasteiger partial charge in [0.05, 0.1) is 24.2 Å².